The first-order valence-electron chi connectivity index (χ1n) is 9.47. The zero-order valence-corrected chi connectivity index (χ0v) is 15.8. The van der Waals surface area contributed by atoms with Crippen molar-refractivity contribution in [1.29, 1.82) is 0 Å². The van der Waals surface area contributed by atoms with Crippen molar-refractivity contribution in [2.45, 2.75) is 56.5 Å². The number of benzene rings is 1. The number of aromatic nitrogens is 4. The molecule has 0 aliphatic heterocycles. The Bertz CT molecular complexity index is 815. The lowest BCUT2D eigenvalue weighted by Crippen LogP contribution is -2.51. The van der Waals surface area contributed by atoms with Gasteiger partial charge < -0.3 is 14.8 Å². The highest BCUT2D eigenvalue weighted by Crippen LogP contribution is 2.41. The molecule has 0 spiro atoms. The van der Waals surface area contributed by atoms with Gasteiger partial charge in [-0.25, -0.2) is 4.68 Å². The Morgan fingerprint density at radius 1 is 1.19 bits per heavy atom. The van der Waals surface area contributed by atoms with Crippen LogP contribution in [0.2, 0.25) is 0 Å². The minimum atomic E-state index is -0.693. The number of aryl methyl sites for hydroxylation is 1. The van der Waals surface area contributed by atoms with Crippen molar-refractivity contribution in [3.63, 3.8) is 0 Å². The van der Waals surface area contributed by atoms with E-state index in [9.17, 15) is 4.79 Å². The molecule has 8 nitrogen and oxygen atoms in total. The molecule has 0 radical (unpaired) electrons. The van der Waals surface area contributed by atoms with Crippen LogP contribution in [0, 0.1) is 0 Å². The Kier molecular flexibility index (Phi) is 4.72. The Hall–Kier alpha value is -2.64. The van der Waals surface area contributed by atoms with Crippen molar-refractivity contribution in [3.05, 3.63) is 29.6 Å². The smallest absolute Gasteiger partial charge is 0.248 e. The van der Waals surface area contributed by atoms with Gasteiger partial charge in [-0.15, -0.1) is 5.10 Å². The van der Waals surface area contributed by atoms with Crippen molar-refractivity contribution in [2.75, 3.05) is 14.2 Å². The van der Waals surface area contributed by atoms with E-state index in [-0.39, 0.29) is 11.9 Å². The number of tetrazole rings is 1. The molecule has 1 N–H and O–H groups in total. The second-order valence-corrected chi connectivity index (χ2v) is 7.32. The molecule has 1 aromatic carbocycles. The molecular formula is C19H25N5O3. The summed E-state index contributed by atoms with van der Waals surface area (Å²) in [5.74, 6) is 1.41. The number of amides is 1. The molecule has 2 aromatic rings. The highest BCUT2D eigenvalue weighted by molar-refractivity contribution is 5.85. The van der Waals surface area contributed by atoms with Crippen LogP contribution < -0.4 is 14.8 Å². The molecular weight excluding hydrogens is 346 g/mol. The maximum Gasteiger partial charge on any atom is 0.248 e. The van der Waals surface area contributed by atoms with Crippen molar-refractivity contribution in [2.24, 2.45) is 0 Å². The largest absolute Gasteiger partial charge is 0.493 e. The van der Waals surface area contributed by atoms with Gasteiger partial charge in [0.05, 0.1) is 20.3 Å². The van der Waals surface area contributed by atoms with E-state index in [1.807, 2.05) is 12.1 Å². The monoisotopic (exact) mass is 371 g/mol. The Labute approximate surface area is 158 Å². The first-order chi connectivity index (χ1) is 13.2. The van der Waals surface area contributed by atoms with Gasteiger partial charge in [0, 0.05) is 0 Å². The van der Waals surface area contributed by atoms with Crippen molar-refractivity contribution >= 4 is 5.91 Å². The van der Waals surface area contributed by atoms with Crippen LogP contribution in [-0.4, -0.2) is 40.3 Å². The molecule has 1 aromatic heterocycles. The van der Waals surface area contributed by atoms with Crippen LogP contribution in [0.5, 0.6) is 11.5 Å². The van der Waals surface area contributed by atoms with E-state index in [1.54, 1.807) is 25.2 Å². The highest BCUT2D eigenvalue weighted by Gasteiger charge is 2.44. The summed E-state index contributed by atoms with van der Waals surface area (Å²) in [6.45, 7) is 0. The highest BCUT2D eigenvalue weighted by atomic mass is 16.5. The molecule has 8 heteroatoms. The van der Waals surface area contributed by atoms with E-state index in [0.29, 0.717) is 5.75 Å². The lowest BCUT2D eigenvalue weighted by molar-refractivity contribution is -0.133. The molecule has 1 amide bonds. The molecule has 2 aliphatic rings. The number of methoxy groups -OCH3 is 2. The third-order valence-electron chi connectivity index (χ3n) is 5.92. The van der Waals surface area contributed by atoms with Gasteiger partial charge in [-0.05, 0) is 59.4 Å². The van der Waals surface area contributed by atoms with Gasteiger partial charge in [0.1, 0.15) is 11.9 Å². The summed E-state index contributed by atoms with van der Waals surface area (Å²) >= 11 is 0. The van der Waals surface area contributed by atoms with Gasteiger partial charge in [-0.1, -0.05) is 19.3 Å². The number of nitrogens with zero attached hydrogens (tertiary/aromatic N) is 4. The van der Waals surface area contributed by atoms with Gasteiger partial charge >= 0.3 is 0 Å². The molecule has 0 bridgehead atoms. The van der Waals surface area contributed by atoms with Crippen molar-refractivity contribution in [1.82, 2.24) is 25.5 Å². The third kappa shape index (κ3) is 3.02. The fourth-order valence-corrected chi connectivity index (χ4v) is 4.43. The molecule has 144 valence electrons. The minimum absolute atomic E-state index is 0.00198. The Morgan fingerprint density at radius 3 is 2.59 bits per heavy atom. The molecule has 4 rings (SSSR count). The summed E-state index contributed by atoms with van der Waals surface area (Å²) in [6.07, 6.45) is 7.98. The zero-order chi connectivity index (χ0) is 18.9. The fraction of sp³-hybridized carbons (Fsp3) is 0.579. The van der Waals surface area contributed by atoms with Crippen LogP contribution in [0.3, 0.4) is 0 Å². The maximum absolute atomic E-state index is 13.4. The predicted molar refractivity (Wildman–Crippen MR) is 97.6 cm³/mol. The number of carbonyl (C=O) groups excluding carboxylic acids is 1. The van der Waals surface area contributed by atoms with Crippen LogP contribution in [0.15, 0.2) is 18.5 Å². The van der Waals surface area contributed by atoms with Gasteiger partial charge in [0.25, 0.3) is 0 Å². The van der Waals surface area contributed by atoms with E-state index in [2.05, 4.69) is 20.8 Å². The first kappa shape index (κ1) is 17.8. The average molecular weight is 371 g/mol. The summed E-state index contributed by atoms with van der Waals surface area (Å²) in [7, 11) is 3.26. The number of hydrogen-bond acceptors (Lipinski definition) is 6. The van der Waals surface area contributed by atoms with Crippen molar-refractivity contribution < 1.29 is 14.3 Å². The van der Waals surface area contributed by atoms with E-state index in [1.165, 1.54) is 5.56 Å². The minimum Gasteiger partial charge on any atom is -0.493 e. The third-order valence-corrected chi connectivity index (χ3v) is 5.92. The van der Waals surface area contributed by atoms with Gasteiger partial charge in [0.15, 0.2) is 11.5 Å². The van der Waals surface area contributed by atoms with E-state index in [0.717, 1.165) is 56.3 Å². The summed E-state index contributed by atoms with van der Waals surface area (Å²) in [6, 6.07) is 3.96. The predicted octanol–water partition coefficient (Wildman–Crippen LogP) is 2.15. The lowest BCUT2D eigenvalue weighted by Gasteiger charge is -2.36. The summed E-state index contributed by atoms with van der Waals surface area (Å²) in [5, 5.41) is 14.8. The quantitative estimate of drug-likeness (QED) is 0.866. The number of fused-ring (bicyclic) bond motifs is 1. The number of rotatable bonds is 5. The summed E-state index contributed by atoms with van der Waals surface area (Å²) < 4.78 is 12.5. The van der Waals surface area contributed by atoms with E-state index >= 15 is 0 Å². The average Bonchev–Trinajstić information content (AvgIpc) is 3.38. The Morgan fingerprint density at radius 2 is 1.93 bits per heavy atom. The number of hydrogen-bond donors (Lipinski definition) is 1. The first-order valence-corrected chi connectivity index (χ1v) is 9.47. The van der Waals surface area contributed by atoms with Crippen LogP contribution in [-0.2, 0) is 16.8 Å². The van der Waals surface area contributed by atoms with Gasteiger partial charge in [0.2, 0.25) is 5.91 Å². The Balaban J connectivity index is 1.61. The summed E-state index contributed by atoms with van der Waals surface area (Å²) in [4.78, 5) is 13.4. The molecule has 27 heavy (non-hydrogen) atoms. The fourth-order valence-electron chi connectivity index (χ4n) is 4.43. The normalized spacial score (nSPS) is 20.7. The number of carbonyl (C=O) groups is 1. The molecule has 1 fully saturated rings. The van der Waals surface area contributed by atoms with Crippen LogP contribution >= 0.6 is 0 Å². The maximum atomic E-state index is 13.4. The van der Waals surface area contributed by atoms with E-state index in [4.69, 9.17) is 9.47 Å². The van der Waals surface area contributed by atoms with E-state index < -0.39 is 5.54 Å². The second-order valence-electron chi connectivity index (χ2n) is 7.32. The van der Waals surface area contributed by atoms with Gasteiger partial charge in [-0.2, -0.15) is 0 Å². The molecule has 2 aliphatic carbocycles. The van der Waals surface area contributed by atoms with Crippen LogP contribution in [0.1, 0.15) is 55.7 Å². The molecule has 1 unspecified atom stereocenters. The zero-order valence-electron chi connectivity index (χ0n) is 15.8. The van der Waals surface area contributed by atoms with Gasteiger partial charge in [-0.3, -0.25) is 4.79 Å². The van der Waals surface area contributed by atoms with Crippen molar-refractivity contribution in [3.8, 4) is 11.5 Å². The molecule has 1 saturated carbocycles. The number of nitrogens with one attached hydrogen (secondary N) is 1. The topological polar surface area (TPSA) is 91.2 Å². The van der Waals surface area contributed by atoms with Crippen LogP contribution in [0.4, 0.5) is 0 Å². The molecule has 0 saturated heterocycles. The second kappa shape index (κ2) is 7.17. The standard InChI is InChI=1S/C19H25N5O3/c1-26-16-10-13-6-7-15(14(13)11-17(16)27-2)21-18(25)19(8-4-3-5-9-19)24-12-20-22-23-24/h10-12,15H,3-9H2,1-2H3,(H,21,25). The SMILES string of the molecule is COc1cc2c(cc1OC)C(NC(=O)C1(n3cnnn3)CCCCC1)CC2. The number of ether oxygens (including phenoxy) is 2. The summed E-state index contributed by atoms with van der Waals surface area (Å²) in [5.41, 5.74) is 1.60. The van der Waals surface area contributed by atoms with Crippen LogP contribution in [0.25, 0.3) is 0 Å². The molecule has 1 heterocycles. The molecule has 1 atom stereocenters. The lowest BCUT2D eigenvalue weighted by atomic mass is 9.80.